The Labute approximate surface area is 184 Å². The Bertz CT molecular complexity index is 1160. The summed E-state index contributed by atoms with van der Waals surface area (Å²) in [7, 11) is -2.19. The average Bonchev–Trinajstić information content (AvgIpc) is 3.26. The number of rotatable bonds is 9. The van der Waals surface area contributed by atoms with Crippen LogP contribution in [0, 0.1) is 0 Å². The average molecular weight is 460 g/mol. The second-order valence-electron chi connectivity index (χ2n) is 6.13. The smallest absolute Gasteiger partial charge is 0.263 e. The summed E-state index contributed by atoms with van der Waals surface area (Å²) < 4.78 is 37.9. The number of amides is 1. The van der Waals surface area contributed by atoms with Crippen molar-refractivity contribution in [2.75, 3.05) is 23.8 Å². The van der Waals surface area contributed by atoms with Gasteiger partial charge in [-0.25, -0.2) is 13.4 Å². The Morgan fingerprint density at radius 2 is 1.94 bits per heavy atom. The van der Waals surface area contributed by atoms with E-state index >= 15 is 0 Å². The minimum atomic E-state index is -3.74. The second kappa shape index (κ2) is 10.1. The minimum Gasteiger partial charge on any atom is -0.493 e. The standard InChI is InChI=1S/C21H21N3O5S2/c1-3-29-18-10-4-15(14-19(18)28-2)5-11-20(25)23-16-6-8-17(9-7-16)31(26,27)24-21-22-12-13-30-21/h4-14H,3H2,1-2H3,(H,22,24)(H,23,25)/b11-5+. The van der Waals surface area contributed by atoms with Crippen LogP contribution in [0.1, 0.15) is 12.5 Å². The van der Waals surface area contributed by atoms with Crippen molar-refractivity contribution in [2.24, 2.45) is 0 Å². The molecule has 2 N–H and O–H groups in total. The first-order chi connectivity index (χ1) is 14.9. The number of ether oxygens (including phenoxy) is 2. The Morgan fingerprint density at radius 3 is 2.58 bits per heavy atom. The Hall–Kier alpha value is -3.37. The molecule has 162 valence electrons. The highest BCUT2D eigenvalue weighted by molar-refractivity contribution is 7.93. The van der Waals surface area contributed by atoms with Gasteiger partial charge in [-0.3, -0.25) is 9.52 Å². The van der Waals surface area contributed by atoms with Crippen molar-refractivity contribution < 1.29 is 22.7 Å². The molecule has 0 unspecified atom stereocenters. The van der Waals surface area contributed by atoms with Crippen LogP contribution >= 0.6 is 11.3 Å². The van der Waals surface area contributed by atoms with E-state index in [4.69, 9.17) is 9.47 Å². The number of sulfonamides is 1. The number of carbonyl (C=O) groups excluding carboxylic acids is 1. The zero-order valence-electron chi connectivity index (χ0n) is 16.9. The van der Waals surface area contributed by atoms with Gasteiger partial charge in [-0.1, -0.05) is 6.07 Å². The molecule has 3 rings (SSSR count). The number of nitrogens with zero attached hydrogens (tertiary/aromatic N) is 1. The van der Waals surface area contributed by atoms with Gasteiger partial charge in [-0.05, 0) is 55.0 Å². The lowest BCUT2D eigenvalue weighted by molar-refractivity contribution is -0.111. The third-order valence-corrected chi connectivity index (χ3v) is 6.17. The lowest BCUT2D eigenvalue weighted by Crippen LogP contribution is -2.13. The van der Waals surface area contributed by atoms with Crippen LogP contribution < -0.4 is 19.5 Å². The molecule has 0 atom stereocenters. The number of benzene rings is 2. The van der Waals surface area contributed by atoms with Gasteiger partial charge in [0.05, 0.1) is 18.6 Å². The summed E-state index contributed by atoms with van der Waals surface area (Å²) >= 11 is 1.18. The van der Waals surface area contributed by atoms with Crippen LogP contribution in [0.25, 0.3) is 6.08 Å². The topological polar surface area (TPSA) is 107 Å². The fourth-order valence-electron chi connectivity index (χ4n) is 2.58. The SMILES string of the molecule is CCOc1ccc(/C=C/C(=O)Nc2ccc(S(=O)(=O)Nc3nccs3)cc2)cc1OC. The van der Waals surface area contributed by atoms with E-state index in [0.29, 0.717) is 23.8 Å². The van der Waals surface area contributed by atoms with E-state index in [2.05, 4.69) is 15.0 Å². The summed E-state index contributed by atoms with van der Waals surface area (Å²) in [4.78, 5) is 16.2. The second-order valence-corrected chi connectivity index (χ2v) is 8.71. The molecule has 0 saturated heterocycles. The van der Waals surface area contributed by atoms with Gasteiger partial charge in [0.15, 0.2) is 16.6 Å². The number of aromatic nitrogens is 1. The van der Waals surface area contributed by atoms with Gasteiger partial charge in [0.2, 0.25) is 5.91 Å². The molecule has 1 amide bonds. The van der Waals surface area contributed by atoms with Crippen molar-refractivity contribution in [2.45, 2.75) is 11.8 Å². The normalized spacial score (nSPS) is 11.3. The Kier molecular flexibility index (Phi) is 7.27. The van der Waals surface area contributed by atoms with E-state index in [0.717, 1.165) is 5.56 Å². The summed E-state index contributed by atoms with van der Waals surface area (Å²) in [5, 5.41) is 4.65. The van der Waals surface area contributed by atoms with Gasteiger partial charge in [0, 0.05) is 23.3 Å². The largest absolute Gasteiger partial charge is 0.493 e. The molecule has 31 heavy (non-hydrogen) atoms. The van der Waals surface area contributed by atoms with Crippen molar-refractivity contribution in [3.63, 3.8) is 0 Å². The predicted molar refractivity (Wildman–Crippen MR) is 121 cm³/mol. The van der Waals surface area contributed by atoms with Crippen molar-refractivity contribution in [3.8, 4) is 11.5 Å². The third kappa shape index (κ3) is 6.06. The number of hydrogen-bond acceptors (Lipinski definition) is 7. The summed E-state index contributed by atoms with van der Waals surface area (Å²) in [6, 6.07) is 11.2. The number of hydrogen-bond donors (Lipinski definition) is 2. The number of carbonyl (C=O) groups is 1. The molecular weight excluding hydrogens is 438 g/mol. The Morgan fingerprint density at radius 1 is 1.16 bits per heavy atom. The van der Waals surface area contributed by atoms with Crippen molar-refractivity contribution in [3.05, 3.63) is 65.7 Å². The molecule has 0 bridgehead atoms. The maximum absolute atomic E-state index is 12.3. The summed E-state index contributed by atoms with van der Waals surface area (Å²) in [6.45, 7) is 2.41. The maximum atomic E-state index is 12.3. The minimum absolute atomic E-state index is 0.0673. The van der Waals surface area contributed by atoms with E-state index in [1.807, 2.05) is 13.0 Å². The number of thiazole rings is 1. The van der Waals surface area contributed by atoms with Gasteiger partial charge in [0.1, 0.15) is 0 Å². The highest BCUT2D eigenvalue weighted by Gasteiger charge is 2.15. The third-order valence-electron chi connectivity index (χ3n) is 4.00. The summed E-state index contributed by atoms with van der Waals surface area (Å²) in [5.74, 6) is 0.850. The summed E-state index contributed by atoms with van der Waals surface area (Å²) in [5.41, 5.74) is 1.23. The van der Waals surface area contributed by atoms with Crippen molar-refractivity contribution in [1.29, 1.82) is 0 Å². The molecular formula is C21H21N3O5S2. The fraction of sp³-hybridized carbons (Fsp3) is 0.143. The maximum Gasteiger partial charge on any atom is 0.263 e. The lowest BCUT2D eigenvalue weighted by Gasteiger charge is -2.09. The van der Waals surface area contributed by atoms with E-state index in [-0.39, 0.29) is 15.9 Å². The first-order valence-corrected chi connectivity index (χ1v) is 11.6. The highest BCUT2D eigenvalue weighted by atomic mass is 32.2. The van der Waals surface area contributed by atoms with Crippen LogP contribution in [-0.4, -0.2) is 33.0 Å². The number of anilines is 2. The zero-order chi connectivity index (χ0) is 22.3. The van der Waals surface area contributed by atoms with E-state index < -0.39 is 10.0 Å². The van der Waals surface area contributed by atoms with Crippen LogP contribution in [-0.2, 0) is 14.8 Å². The van der Waals surface area contributed by atoms with Gasteiger partial charge in [-0.2, -0.15) is 0 Å². The molecule has 0 spiro atoms. The molecule has 1 aromatic heterocycles. The molecule has 0 fully saturated rings. The highest BCUT2D eigenvalue weighted by Crippen LogP contribution is 2.28. The molecule has 0 aliphatic heterocycles. The van der Waals surface area contributed by atoms with Gasteiger partial charge < -0.3 is 14.8 Å². The van der Waals surface area contributed by atoms with Crippen LogP contribution in [0.5, 0.6) is 11.5 Å². The number of methoxy groups -OCH3 is 1. The van der Waals surface area contributed by atoms with Gasteiger partial charge in [0.25, 0.3) is 10.0 Å². The lowest BCUT2D eigenvalue weighted by atomic mass is 10.2. The van der Waals surface area contributed by atoms with Crippen molar-refractivity contribution in [1.82, 2.24) is 4.98 Å². The molecule has 8 nitrogen and oxygen atoms in total. The van der Waals surface area contributed by atoms with Crippen LogP contribution in [0.4, 0.5) is 10.8 Å². The van der Waals surface area contributed by atoms with Crippen molar-refractivity contribution >= 4 is 44.2 Å². The van der Waals surface area contributed by atoms with E-state index in [9.17, 15) is 13.2 Å². The predicted octanol–water partition coefficient (Wildman–Crippen LogP) is 4.00. The Balaban J connectivity index is 1.63. The van der Waals surface area contributed by atoms with Crippen LogP contribution in [0.15, 0.2) is 65.0 Å². The molecule has 0 saturated carbocycles. The van der Waals surface area contributed by atoms with Gasteiger partial charge in [-0.15, -0.1) is 11.3 Å². The van der Waals surface area contributed by atoms with Crippen LogP contribution in [0.3, 0.4) is 0 Å². The molecule has 0 aliphatic carbocycles. The fourth-order valence-corrected chi connectivity index (χ4v) is 4.37. The first kappa shape index (κ1) is 22.3. The molecule has 3 aromatic rings. The first-order valence-electron chi connectivity index (χ1n) is 9.23. The molecule has 0 radical (unpaired) electrons. The van der Waals surface area contributed by atoms with E-state index in [1.165, 1.54) is 47.9 Å². The molecule has 2 aromatic carbocycles. The quantitative estimate of drug-likeness (QED) is 0.469. The zero-order valence-corrected chi connectivity index (χ0v) is 18.5. The monoisotopic (exact) mass is 459 g/mol. The molecule has 10 heteroatoms. The van der Waals surface area contributed by atoms with E-state index in [1.54, 1.807) is 30.7 Å². The summed E-state index contributed by atoms with van der Waals surface area (Å²) in [6.07, 6.45) is 4.53. The molecule has 1 heterocycles. The molecule has 0 aliphatic rings. The van der Waals surface area contributed by atoms with Gasteiger partial charge >= 0.3 is 0 Å². The van der Waals surface area contributed by atoms with Crippen LogP contribution in [0.2, 0.25) is 0 Å². The number of nitrogens with one attached hydrogen (secondary N) is 2.